The van der Waals surface area contributed by atoms with Gasteiger partial charge >= 0.3 is 0 Å². The van der Waals surface area contributed by atoms with Gasteiger partial charge in [0.1, 0.15) is 0 Å². The highest BCUT2D eigenvalue weighted by Crippen LogP contribution is 2.47. The maximum absolute atomic E-state index is 2.57. The van der Waals surface area contributed by atoms with Crippen LogP contribution in [0.15, 0.2) is 170 Å². The molecule has 3 heteroatoms. The topological polar surface area (TPSA) is 6.48 Å². The van der Waals surface area contributed by atoms with Crippen molar-refractivity contribution < 1.29 is 0 Å². The van der Waals surface area contributed by atoms with Crippen LogP contribution >= 0.6 is 0 Å². The first-order valence-electron chi connectivity index (χ1n) is 18.6. The van der Waals surface area contributed by atoms with E-state index in [1.165, 1.54) is 110 Å². The molecule has 0 amide bonds. The number of nitrogens with zero attached hydrogens (tertiary/aromatic N) is 2. The van der Waals surface area contributed by atoms with E-state index in [1.807, 2.05) is 0 Å². The molecule has 3 aliphatic rings. The van der Waals surface area contributed by atoms with Crippen LogP contribution in [0.3, 0.4) is 0 Å². The predicted octanol–water partition coefficient (Wildman–Crippen LogP) is 11.2. The van der Waals surface area contributed by atoms with E-state index in [9.17, 15) is 0 Å². The molecule has 0 unspecified atom stereocenters. The average molecular weight is 655 g/mol. The van der Waals surface area contributed by atoms with Gasteiger partial charge in [-0.1, -0.05) is 141 Å². The normalized spacial score (nSPS) is 14.9. The Labute approximate surface area is 301 Å². The molecule has 1 saturated carbocycles. The van der Waals surface area contributed by atoms with E-state index in [-0.39, 0.29) is 6.71 Å². The van der Waals surface area contributed by atoms with Gasteiger partial charge < -0.3 is 9.80 Å². The minimum Gasteiger partial charge on any atom is -0.311 e. The van der Waals surface area contributed by atoms with Crippen molar-refractivity contribution in [3.05, 3.63) is 175 Å². The standard InChI is InChI=1S/C48H39BN2/c1-5-15-34(16-6-1)37-25-28-41(29-26-37)51-44-24-14-13-23-42(44)49-43-31-38(35-17-7-2-8-18-35)27-30-45(43)50(40-21-11-4-12-22-40)46-32-39(33-47(51)48(46)49)36-19-9-3-10-20-36/h1-2,4-8,11-18,21-33,36H,3,9-10,19-20H2. The van der Waals surface area contributed by atoms with Gasteiger partial charge in [-0.15, -0.1) is 0 Å². The first kappa shape index (κ1) is 30.1. The summed E-state index contributed by atoms with van der Waals surface area (Å²) in [6, 6.07) is 63.2. The van der Waals surface area contributed by atoms with Crippen molar-refractivity contribution >= 4 is 57.2 Å². The summed E-state index contributed by atoms with van der Waals surface area (Å²) in [6.45, 7) is 0.102. The highest BCUT2D eigenvalue weighted by atomic mass is 15.2. The molecule has 2 heterocycles. The van der Waals surface area contributed by atoms with Crippen molar-refractivity contribution in [1.82, 2.24) is 0 Å². The minimum absolute atomic E-state index is 0.102. The van der Waals surface area contributed by atoms with Crippen molar-refractivity contribution in [3.63, 3.8) is 0 Å². The molecule has 0 bridgehead atoms. The second-order valence-corrected chi connectivity index (χ2v) is 14.4. The van der Waals surface area contributed by atoms with Crippen molar-refractivity contribution in [2.75, 3.05) is 9.80 Å². The van der Waals surface area contributed by atoms with E-state index in [0.717, 1.165) is 0 Å². The number of para-hydroxylation sites is 2. The lowest BCUT2D eigenvalue weighted by atomic mass is 9.33. The Bertz CT molecular complexity index is 2350. The maximum Gasteiger partial charge on any atom is 0.252 e. The van der Waals surface area contributed by atoms with E-state index in [0.29, 0.717) is 5.92 Å². The fourth-order valence-corrected chi connectivity index (χ4v) is 9.02. The molecule has 10 rings (SSSR count). The number of rotatable bonds is 5. The van der Waals surface area contributed by atoms with Crippen molar-refractivity contribution in [1.29, 1.82) is 0 Å². The summed E-state index contributed by atoms with van der Waals surface area (Å²) >= 11 is 0. The van der Waals surface area contributed by atoms with Crippen LogP contribution in [0.4, 0.5) is 34.1 Å². The highest BCUT2D eigenvalue weighted by Gasteiger charge is 2.44. The second-order valence-electron chi connectivity index (χ2n) is 14.4. The molecule has 0 N–H and O–H groups in total. The molecule has 0 aromatic heterocycles. The van der Waals surface area contributed by atoms with Crippen LogP contribution in [-0.2, 0) is 0 Å². The number of benzene rings is 7. The summed E-state index contributed by atoms with van der Waals surface area (Å²) in [5.74, 6) is 0.567. The van der Waals surface area contributed by atoms with Crippen LogP contribution in [0.1, 0.15) is 43.6 Å². The summed E-state index contributed by atoms with van der Waals surface area (Å²) < 4.78 is 0. The van der Waals surface area contributed by atoms with Crippen molar-refractivity contribution in [3.8, 4) is 22.3 Å². The summed E-state index contributed by atoms with van der Waals surface area (Å²) in [5.41, 5.74) is 18.1. The second kappa shape index (κ2) is 12.5. The van der Waals surface area contributed by atoms with E-state index >= 15 is 0 Å². The Kier molecular flexibility index (Phi) is 7.38. The summed E-state index contributed by atoms with van der Waals surface area (Å²) in [5, 5.41) is 0. The molecule has 2 nitrogen and oxygen atoms in total. The molecule has 1 aliphatic carbocycles. The third kappa shape index (κ3) is 5.10. The van der Waals surface area contributed by atoms with Crippen LogP contribution in [-0.4, -0.2) is 6.71 Å². The predicted molar refractivity (Wildman–Crippen MR) is 217 cm³/mol. The maximum atomic E-state index is 2.57. The summed E-state index contributed by atoms with van der Waals surface area (Å²) in [6.07, 6.45) is 6.47. The number of hydrogen-bond donors (Lipinski definition) is 0. The quantitative estimate of drug-likeness (QED) is 0.170. The van der Waals surface area contributed by atoms with E-state index in [4.69, 9.17) is 0 Å². The molecule has 0 spiro atoms. The first-order valence-corrected chi connectivity index (χ1v) is 18.6. The van der Waals surface area contributed by atoms with Gasteiger partial charge in [-0.25, -0.2) is 0 Å². The molecule has 7 aromatic carbocycles. The zero-order chi connectivity index (χ0) is 33.7. The number of anilines is 6. The van der Waals surface area contributed by atoms with Crippen molar-refractivity contribution in [2.45, 2.75) is 38.0 Å². The molecule has 51 heavy (non-hydrogen) atoms. The van der Waals surface area contributed by atoms with Gasteiger partial charge in [0, 0.05) is 34.1 Å². The van der Waals surface area contributed by atoms with Gasteiger partial charge in [0.2, 0.25) is 0 Å². The average Bonchev–Trinajstić information content (AvgIpc) is 3.22. The van der Waals surface area contributed by atoms with E-state index in [2.05, 4.69) is 180 Å². The fraction of sp³-hybridized carbons (Fsp3) is 0.125. The van der Waals surface area contributed by atoms with Crippen LogP contribution < -0.4 is 26.2 Å². The van der Waals surface area contributed by atoms with Gasteiger partial charge in [0.05, 0.1) is 0 Å². The zero-order valence-corrected chi connectivity index (χ0v) is 28.8. The third-order valence-electron chi connectivity index (χ3n) is 11.4. The Morgan fingerprint density at radius 2 is 0.902 bits per heavy atom. The van der Waals surface area contributed by atoms with E-state index in [1.54, 1.807) is 0 Å². The van der Waals surface area contributed by atoms with Crippen LogP contribution in [0.5, 0.6) is 0 Å². The largest absolute Gasteiger partial charge is 0.311 e. The Morgan fingerprint density at radius 3 is 1.57 bits per heavy atom. The van der Waals surface area contributed by atoms with E-state index < -0.39 is 0 Å². The molecule has 2 aliphatic heterocycles. The van der Waals surface area contributed by atoms with Gasteiger partial charge in [-0.3, -0.25) is 0 Å². The van der Waals surface area contributed by atoms with Crippen LogP contribution in [0, 0.1) is 0 Å². The lowest BCUT2D eigenvalue weighted by Gasteiger charge is -2.45. The van der Waals surface area contributed by atoms with Gasteiger partial charge in [-0.05, 0) is 111 Å². The van der Waals surface area contributed by atoms with Crippen LogP contribution in [0.2, 0.25) is 0 Å². The Balaban J connectivity index is 1.25. The first-order chi connectivity index (χ1) is 25.3. The lowest BCUT2D eigenvalue weighted by molar-refractivity contribution is 0.444. The molecule has 244 valence electrons. The monoisotopic (exact) mass is 654 g/mol. The Morgan fingerprint density at radius 1 is 0.392 bits per heavy atom. The van der Waals surface area contributed by atoms with Crippen molar-refractivity contribution in [2.24, 2.45) is 0 Å². The fourth-order valence-electron chi connectivity index (χ4n) is 9.02. The molecule has 0 radical (unpaired) electrons. The molecular weight excluding hydrogens is 615 g/mol. The van der Waals surface area contributed by atoms with Gasteiger partial charge in [-0.2, -0.15) is 0 Å². The number of hydrogen-bond acceptors (Lipinski definition) is 2. The summed E-state index contributed by atoms with van der Waals surface area (Å²) in [4.78, 5) is 5.11. The molecule has 0 saturated heterocycles. The van der Waals surface area contributed by atoms with Crippen LogP contribution in [0.25, 0.3) is 22.3 Å². The molecule has 1 fully saturated rings. The molecule has 0 atom stereocenters. The van der Waals surface area contributed by atoms with Gasteiger partial charge in [0.15, 0.2) is 0 Å². The molecular formula is C48H39BN2. The third-order valence-corrected chi connectivity index (χ3v) is 11.4. The minimum atomic E-state index is 0.102. The lowest BCUT2D eigenvalue weighted by Crippen LogP contribution is -2.61. The Hall–Kier alpha value is -5.80. The summed E-state index contributed by atoms with van der Waals surface area (Å²) in [7, 11) is 0. The van der Waals surface area contributed by atoms with Gasteiger partial charge in [0.25, 0.3) is 6.71 Å². The highest BCUT2D eigenvalue weighted by molar-refractivity contribution is 7.00. The zero-order valence-electron chi connectivity index (χ0n) is 28.8. The smallest absolute Gasteiger partial charge is 0.252 e. The molecule has 7 aromatic rings. The SMILES string of the molecule is c1ccc(-c2ccc(N3c4ccccc4B4c5cc(-c6ccccc6)ccc5N(c5ccccc5)c5cc(C6CCCCC6)cc3c54)cc2)cc1. The number of fused-ring (bicyclic) bond motifs is 4.